The molecule has 0 amide bonds. The first-order valence-corrected chi connectivity index (χ1v) is 5.45. The number of nitrogens with one attached hydrogen (secondary N) is 1. The Bertz CT molecular complexity index is 737. The van der Waals surface area contributed by atoms with Crippen LogP contribution in [0.25, 0.3) is 22.3 Å². The molecule has 0 saturated carbocycles. The summed E-state index contributed by atoms with van der Waals surface area (Å²) in [6, 6.07) is 9.88. The fourth-order valence-electron chi connectivity index (χ4n) is 1.77. The molecule has 0 aliphatic heterocycles. The van der Waals surface area contributed by atoms with E-state index in [0.29, 0.717) is 10.6 Å². The van der Waals surface area contributed by atoms with Gasteiger partial charge < -0.3 is 5.84 Å². The predicted molar refractivity (Wildman–Crippen MR) is 68.3 cm³/mol. The van der Waals surface area contributed by atoms with Crippen LogP contribution in [-0.4, -0.2) is 19.9 Å². The van der Waals surface area contributed by atoms with Crippen molar-refractivity contribution < 1.29 is 0 Å². The van der Waals surface area contributed by atoms with E-state index in [4.69, 9.17) is 18.1 Å². The Morgan fingerprint density at radius 2 is 2.06 bits per heavy atom. The predicted octanol–water partition coefficient (Wildman–Crippen LogP) is 1.87. The van der Waals surface area contributed by atoms with Crippen molar-refractivity contribution in [1.82, 2.24) is 19.9 Å². The van der Waals surface area contributed by atoms with Gasteiger partial charge in [-0.3, -0.25) is 4.98 Å². The van der Waals surface area contributed by atoms with Crippen molar-refractivity contribution in [3.63, 3.8) is 0 Å². The van der Waals surface area contributed by atoms with Crippen molar-refractivity contribution in [2.75, 3.05) is 5.84 Å². The lowest BCUT2D eigenvalue weighted by atomic mass is 10.1. The number of benzene rings is 1. The molecule has 3 rings (SSSR count). The standard InChI is InChI=1S/C11H9N5S/c12-16-10(14-15-11(16)17)9-8-4-2-1-3-7(8)5-6-13-9/h1-6H,12H2,(H,15,17). The molecule has 0 radical (unpaired) electrons. The molecule has 5 nitrogen and oxygen atoms in total. The molecule has 0 aliphatic carbocycles. The highest BCUT2D eigenvalue weighted by Crippen LogP contribution is 2.23. The number of hydrogen-bond acceptors (Lipinski definition) is 4. The third kappa shape index (κ3) is 1.50. The molecule has 0 bridgehead atoms. The van der Waals surface area contributed by atoms with Gasteiger partial charge in [0.25, 0.3) is 0 Å². The maximum absolute atomic E-state index is 5.80. The summed E-state index contributed by atoms with van der Waals surface area (Å²) in [5, 5.41) is 8.83. The first-order chi connectivity index (χ1) is 8.27. The van der Waals surface area contributed by atoms with Crippen molar-refractivity contribution in [2.24, 2.45) is 0 Å². The fourth-order valence-corrected chi connectivity index (χ4v) is 1.90. The smallest absolute Gasteiger partial charge is 0.214 e. The van der Waals surface area contributed by atoms with Crippen molar-refractivity contribution in [1.29, 1.82) is 0 Å². The molecule has 0 fully saturated rings. The molecule has 3 aromatic rings. The van der Waals surface area contributed by atoms with Gasteiger partial charge in [0, 0.05) is 11.6 Å². The highest BCUT2D eigenvalue weighted by atomic mass is 32.1. The Labute approximate surface area is 102 Å². The molecule has 0 aliphatic rings. The van der Waals surface area contributed by atoms with Gasteiger partial charge >= 0.3 is 0 Å². The summed E-state index contributed by atoms with van der Waals surface area (Å²) >= 11 is 4.99. The Morgan fingerprint density at radius 1 is 1.24 bits per heavy atom. The SMILES string of the molecule is Nn1c(-c2nccc3ccccc23)n[nH]c1=S. The third-order valence-electron chi connectivity index (χ3n) is 2.59. The van der Waals surface area contributed by atoms with E-state index >= 15 is 0 Å². The summed E-state index contributed by atoms with van der Waals surface area (Å²) in [5.41, 5.74) is 0.720. The highest BCUT2D eigenvalue weighted by molar-refractivity contribution is 7.71. The van der Waals surface area contributed by atoms with Crippen molar-refractivity contribution in [2.45, 2.75) is 0 Å². The minimum Gasteiger partial charge on any atom is -0.335 e. The molecule has 0 atom stereocenters. The number of nitrogens with zero attached hydrogens (tertiary/aromatic N) is 3. The molecular formula is C11H9N5S. The molecule has 0 spiro atoms. The lowest BCUT2D eigenvalue weighted by Gasteiger charge is -2.03. The summed E-state index contributed by atoms with van der Waals surface area (Å²) in [6.45, 7) is 0. The summed E-state index contributed by atoms with van der Waals surface area (Å²) in [5.74, 6) is 6.34. The van der Waals surface area contributed by atoms with Crippen molar-refractivity contribution >= 4 is 23.0 Å². The number of fused-ring (bicyclic) bond motifs is 1. The number of aromatic amines is 1. The maximum atomic E-state index is 5.80. The monoisotopic (exact) mass is 243 g/mol. The summed E-state index contributed by atoms with van der Waals surface area (Å²) < 4.78 is 1.69. The number of aromatic nitrogens is 4. The van der Waals surface area contributed by atoms with E-state index in [2.05, 4.69) is 15.2 Å². The maximum Gasteiger partial charge on any atom is 0.214 e. The van der Waals surface area contributed by atoms with Crippen LogP contribution in [0, 0.1) is 4.77 Å². The van der Waals surface area contributed by atoms with Gasteiger partial charge in [0.15, 0.2) is 5.82 Å². The van der Waals surface area contributed by atoms with Crippen molar-refractivity contribution in [3.05, 3.63) is 41.3 Å². The number of nitrogen functional groups attached to an aromatic ring is 1. The van der Waals surface area contributed by atoms with Crippen LogP contribution in [0.2, 0.25) is 0 Å². The first-order valence-electron chi connectivity index (χ1n) is 5.04. The van der Waals surface area contributed by atoms with E-state index in [1.54, 1.807) is 6.20 Å². The van der Waals surface area contributed by atoms with Gasteiger partial charge in [-0.25, -0.2) is 9.77 Å². The second-order valence-corrected chi connectivity index (χ2v) is 3.99. The van der Waals surface area contributed by atoms with E-state index in [9.17, 15) is 0 Å². The summed E-state index contributed by atoms with van der Waals surface area (Å²) in [7, 11) is 0. The highest BCUT2D eigenvalue weighted by Gasteiger charge is 2.11. The minimum atomic E-state index is 0.370. The number of pyridine rings is 1. The van der Waals surface area contributed by atoms with Crippen LogP contribution in [-0.2, 0) is 0 Å². The molecule has 2 heterocycles. The van der Waals surface area contributed by atoms with Gasteiger partial charge in [0.2, 0.25) is 4.77 Å². The van der Waals surface area contributed by atoms with Crippen LogP contribution in [0.3, 0.4) is 0 Å². The molecule has 2 aromatic heterocycles. The quantitative estimate of drug-likeness (QED) is 0.505. The van der Waals surface area contributed by atoms with Gasteiger partial charge in [-0.1, -0.05) is 24.3 Å². The topological polar surface area (TPSA) is 72.5 Å². The second kappa shape index (κ2) is 3.67. The number of rotatable bonds is 1. The largest absolute Gasteiger partial charge is 0.335 e. The Kier molecular flexibility index (Phi) is 2.15. The number of nitrogens with two attached hydrogens (primary N) is 1. The van der Waals surface area contributed by atoms with Gasteiger partial charge in [0.05, 0.1) is 0 Å². The number of hydrogen-bond donors (Lipinski definition) is 2. The Hall–Kier alpha value is -2.21. The van der Waals surface area contributed by atoms with Crippen molar-refractivity contribution in [3.8, 4) is 11.5 Å². The summed E-state index contributed by atoms with van der Waals surface area (Å²) in [6.07, 6.45) is 1.73. The van der Waals surface area contributed by atoms with Crippen LogP contribution in [0.1, 0.15) is 0 Å². The van der Waals surface area contributed by atoms with E-state index in [-0.39, 0.29) is 0 Å². The number of H-pyrrole nitrogens is 1. The molecule has 0 saturated heterocycles. The first kappa shape index (κ1) is 9.98. The molecule has 17 heavy (non-hydrogen) atoms. The van der Waals surface area contributed by atoms with Gasteiger partial charge in [-0.05, 0) is 23.7 Å². The van der Waals surface area contributed by atoms with Crippen LogP contribution in [0.15, 0.2) is 36.5 Å². The van der Waals surface area contributed by atoms with Gasteiger partial charge in [0.1, 0.15) is 5.69 Å². The van der Waals surface area contributed by atoms with E-state index in [0.717, 1.165) is 16.5 Å². The van der Waals surface area contributed by atoms with E-state index < -0.39 is 0 Å². The minimum absolute atomic E-state index is 0.370. The lowest BCUT2D eigenvalue weighted by Crippen LogP contribution is -2.10. The van der Waals surface area contributed by atoms with Crippen LogP contribution in [0.5, 0.6) is 0 Å². The Balaban J connectivity index is 2.38. The van der Waals surface area contributed by atoms with Gasteiger partial charge in [-0.15, -0.1) is 0 Å². The zero-order chi connectivity index (χ0) is 11.8. The third-order valence-corrected chi connectivity index (χ3v) is 2.88. The van der Waals surface area contributed by atoms with Crippen LogP contribution in [0.4, 0.5) is 0 Å². The molecule has 3 N–H and O–H groups in total. The van der Waals surface area contributed by atoms with E-state index in [1.807, 2.05) is 30.3 Å². The fraction of sp³-hybridized carbons (Fsp3) is 0. The molecular weight excluding hydrogens is 234 g/mol. The van der Waals surface area contributed by atoms with Gasteiger partial charge in [-0.2, -0.15) is 5.10 Å². The lowest BCUT2D eigenvalue weighted by molar-refractivity contribution is 0.979. The molecule has 84 valence electrons. The molecule has 0 unspecified atom stereocenters. The summed E-state index contributed by atoms with van der Waals surface area (Å²) in [4.78, 5) is 4.32. The average Bonchev–Trinajstić information content (AvgIpc) is 2.69. The molecule has 6 heteroatoms. The zero-order valence-corrected chi connectivity index (χ0v) is 9.61. The normalized spacial score (nSPS) is 10.8. The van der Waals surface area contributed by atoms with E-state index in [1.165, 1.54) is 4.68 Å². The molecule has 1 aromatic carbocycles. The zero-order valence-electron chi connectivity index (χ0n) is 8.79. The van der Waals surface area contributed by atoms with Crippen LogP contribution >= 0.6 is 12.2 Å². The average molecular weight is 243 g/mol. The Morgan fingerprint density at radius 3 is 2.82 bits per heavy atom. The second-order valence-electron chi connectivity index (χ2n) is 3.60. The van der Waals surface area contributed by atoms with Crippen LogP contribution < -0.4 is 5.84 Å².